The Morgan fingerprint density at radius 3 is 2.61 bits per heavy atom. The lowest BCUT2D eigenvalue weighted by Gasteiger charge is -2.35. The molecule has 2 N–H and O–H groups in total. The van der Waals surface area contributed by atoms with Crippen LogP contribution < -0.4 is 0 Å². The predicted molar refractivity (Wildman–Crippen MR) is 133 cm³/mol. The van der Waals surface area contributed by atoms with Gasteiger partial charge in [-0.15, -0.1) is 0 Å². The highest BCUT2D eigenvalue weighted by atomic mass is 19.1. The van der Waals surface area contributed by atoms with E-state index < -0.39 is 53.5 Å². The summed E-state index contributed by atoms with van der Waals surface area (Å²) in [5, 5.41) is 21.8. The van der Waals surface area contributed by atoms with Crippen LogP contribution in [-0.4, -0.2) is 57.0 Å². The van der Waals surface area contributed by atoms with E-state index in [9.17, 15) is 19.8 Å². The van der Waals surface area contributed by atoms with E-state index in [2.05, 4.69) is 4.98 Å². The number of hydrogen-bond acceptors (Lipinski definition) is 7. The number of aromatic nitrogens is 1. The Morgan fingerprint density at radius 1 is 1.25 bits per heavy atom. The summed E-state index contributed by atoms with van der Waals surface area (Å²) in [6, 6.07) is 5.10. The van der Waals surface area contributed by atoms with E-state index in [-0.39, 0.29) is 24.2 Å². The molecule has 7 atom stereocenters. The maximum Gasteiger partial charge on any atom is 0.309 e. The molecule has 0 amide bonds. The first-order valence-corrected chi connectivity index (χ1v) is 12.9. The van der Waals surface area contributed by atoms with Gasteiger partial charge in [-0.1, -0.05) is 40.2 Å². The third-order valence-corrected chi connectivity index (χ3v) is 7.95. The fourth-order valence-electron chi connectivity index (χ4n) is 5.10. The zero-order chi connectivity index (χ0) is 26.7. The van der Waals surface area contributed by atoms with Crippen LogP contribution in [0.25, 0.3) is 6.08 Å². The van der Waals surface area contributed by atoms with Crippen LogP contribution in [0.1, 0.15) is 78.8 Å². The molecule has 2 saturated heterocycles. The molecular formula is C28H40FNO6. The molecule has 200 valence electrons. The summed E-state index contributed by atoms with van der Waals surface area (Å²) in [6.45, 7) is 8.84. The van der Waals surface area contributed by atoms with E-state index in [0.717, 1.165) is 6.42 Å². The van der Waals surface area contributed by atoms with E-state index >= 15 is 4.39 Å². The van der Waals surface area contributed by atoms with Crippen LogP contribution in [0.3, 0.4) is 0 Å². The highest BCUT2D eigenvalue weighted by molar-refractivity contribution is 5.88. The molecule has 3 rings (SSSR count). The average Bonchev–Trinajstić information content (AvgIpc) is 3.47. The van der Waals surface area contributed by atoms with Crippen LogP contribution in [-0.2, 0) is 19.1 Å². The van der Waals surface area contributed by atoms with Crippen LogP contribution in [0.2, 0.25) is 0 Å². The van der Waals surface area contributed by atoms with Gasteiger partial charge >= 0.3 is 5.97 Å². The molecule has 36 heavy (non-hydrogen) atoms. The van der Waals surface area contributed by atoms with Gasteiger partial charge in [-0.05, 0) is 50.3 Å². The van der Waals surface area contributed by atoms with Gasteiger partial charge in [-0.2, -0.15) is 0 Å². The maximum atomic E-state index is 15.3. The standard InChI is InChI=1S/C28H40FNO6/c1-6-19-25(33)17(2)10-9-12-28(5)23(36-28)15-21(20(29)14-18-11-7-8-13-30-18)35-24(32)16-22(31)27(3,4)26(19)34/h7-8,11,13-14,17,19,21-23,25,31,33H,6,9-10,12,15-16H2,1-5H3/t17-,19+,21-,22-,23?,25-,28?/m0/s1. The van der Waals surface area contributed by atoms with E-state index in [1.165, 1.54) is 6.08 Å². The predicted octanol–water partition coefficient (Wildman–Crippen LogP) is 4.40. The quantitative estimate of drug-likeness (QED) is 0.463. The van der Waals surface area contributed by atoms with Crippen molar-refractivity contribution >= 4 is 17.8 Å². The number of ketones is 1. The third-order valence-electron chi connectivity index (χ3n) is 7.95. The smallest absolute Gasteiger partial charge is 0.309 e. The molecule has 2 fully saturated rings. The van der Waals surface area contributed by atoms with Gasteiger partial charge in [0.25, 0.3) is 0 Å². The van der Waals surface area contributed by atoms with E-state index in [1.807, 2.05) is 20.8 Å². The average molecular weight is 506 g/mol. The Kier molecular flexibility index (Phi) is 9.06. The second kappa shape index (κ2) is 11.5. The Hall–Kier alpha value is -2.16. The minimum Gasteiger partial charge on any atom is -0.455 e. The maximum absolute atomic E-state index is 15.3. The summed E-state index contributed by atoms with van der Waals surface area (Å²) in [6.07, 6.45) is 1.31. The van der Waals surface area contributed by atoms with Gasteiger partial charge < -0.3 is 19.7 Å². The van der Waals surface area contributed by atoms with Gasteiger partial charge in [0.15, 0.2) is 6.10 Å². The number of halogens is 1. The number of pyridine rings is 1. The molecule has 1 aromatic rings. The first-order chi connectivity index (χ1) is 16.9. The van der Waals surface area contributed by atoms with Crippen molar-refractivity contribution in [1.29, 1.82) is 0 Å². The van der Waals surface area contributed by atoms with Crippen LogP contribution in [0, 0.1) is 17.3 Å². The zero-order valence-corrected chi connectivity index (χ0v) is 21.9. The number of carbonyl (C=O) groups is 2. The molecule has 3 heterocycles. The normalized spacial score (nSPS) is 36.6. The summed E-state index contributed by atoms with van der Waals surface area (Å²) in [5.74, 6) is -2.56. The number of nitrogens with zero attached hydrogens (tertiary/aromatic N) is 1. The molecule has 0 aromatic carbocycles. The SMILES string of the molecule is CC[C@H]1C(=O)C(C)(C)[C@@H](O)CC(=O)O[C@H](C(F)=Cc2ccccn2)CC2OC2(C)CCC[C@H](C)[C@@H]1O. The lowest BCUT2D eigenvalue weighted by molar-refractivity contribution is -0.155. The highest BCUT2D eigenvalue weighted by Gasteiger charge is 2.53. The van der Waals surface area contributed by atoms with Crippen LogP contribution >= 0.6 is 0 Å². The number of carbonyl (C=O) groups excluding carboxylic acids is 2. The summed E-state index contributed by atoms with van der Waals surface area (Å²) in [4.78, 5) is 30.3. The van der Waals surface area contributed by atoms with Crippen molar-refractivity contribution in [1.82, 2.24) is 4.98 Å². The molecule has 0 radical (unpaired) electrons. The number of aliphatic hydroxyl groups excluding tert-OH is 2. The van der Waals surface area contributed by atoms with Crippen molar-refractivity contribution in [3.63, 3.8) is 0 Å². The Labute approximate surface area is 213 Å². The largest absolute Gasteiger partial charge is 0.455 e. The van der Waals surface area contributed by atoms with Crippen molar-refractivity contribution in [2.45, 2.75) is 103 Å². The number of aliphatic hydroxyl groups is 2. The zero-order valence-electron chi connectivity index (χ0n) is 21.9. The van der Waals surface area contributed by atoms with Crippen molar-refractivity contribution in [3.05, 3.63) is 35.9 Å². The lowest BCUT2D eigenvalue weighted by Crippen LogP contribution is -2.46. The molecule has 0 spiro atoms. The molecule has 2 unspecified atom stereocenters. The van der Waals surface area contributed by atoms with E-state index in [4.69, 9.17) is 9.47 Å². The van der Waals surface area contributed by atoms with E-state index in [1.54, 1.807) is 38.2 Å². The molecule has 0 saturated carbocycles. The van der Waals surface area contributed by atoms with Crippen LogP contribution in [0.15, 0.2) is 30.2 Å². The van der Waals surface area contributed by atoms with Crippen LogP contribution in [0.4, 0.5) is 4.39 Å². The number of rotatable bonds is 3. The third kappa shape index (κ3) is 6.58. The minimum absolute atomic E-state index is 0.128. The second-order valence-corrected chi connectivity index (χ2v) is 11.1. The topological polar surface area (TPSA) is 109 Å². The Morgan fingerprint density at radius 2 is 1.97 bits per heavy atom. The summed E-state index contributed by atoms with van der Waals surface area (Å²) in [7, 11) is 0. The number of hydrogen-bond donors (Lipinski definition) is 2. The highest BCUT2D eigenvalue weighted by Crippen LogP contribution is 2.45. The van der Waals surface area contributed by atoms with Gasteiger partial charge in [0, 0.05) is 18.5 Å². The van der Waals surface area contributed by atoms with Gasteiger partial charge in [0.1, 0.15) is 11.6 Å². The number of epoxide rings is 1. The van der Waals surface area contributed by atoms with Gasteiger partial charge in [-0.3, -0.25) is 14.6 Å². The molecule has 2 aliphatic heterocycles. The number of fused-ring (bicyclic) bond motifs is 1. The fraction of sp³-hybridized carbons (Fsp3) is 0.679. The monoisotopic (exact) mass is 505 g/mol. The summed E-state index contributed by atoms with van der Waals surface area (Å²) < 4.78 is 26.7. The van der Waals surface area contributed by atoms with Crippen molar-refractivity contribution in [2.75, 3.05) is 0 Å². The molecule has 1 aromatic heterocycles. The number of ether oxygens (including phenoxy) is 2. The number of cyclic esters (lactones) is 1. The minimum atomic E-state index is -1.35. The Balaban J connectivity index is 1.87. The van der Waals surface area contributed by atoms with Crippen molar-refractivity contribution in [3.8, 4) is 0 Å². The van der Waals surface area contributed by atoms with Crippen molar-refractivity contribution < 1.29 is 33.7 Å². The first kappa shape index (κ1) is 28.4. The molecule has 0 aliphatic carbocycles. The van der Waals surface area contributed by atoms with E-state index in [0.29, 0.717) is 25.0 Å². The van der Waals surface area contributed by atoms with Gasteiger partial charge in [0.2, 0.25) is 0 Å². The van der Waals surface area contributed by atoms with Gasteiger partial charge in [-0.25, -0.2) is 4.39 Å². The number of Topliss-reactive ketones (excluding diaryl/α,β-unsaturated/α-hetero) is 1. The fourth-order valence-corrected chi connectivity index (χ4v) is 5.10. The van der Waals surface area contributed by atoms with Crippen molar-refractivity contribution in [2.24, 2.45) is 17.3 Å². The molecule has 2 aliphatic rings. The Bertz CT molecular complexity index is 951. The summed E-state index contributed by atoms with van der Waals surface area (Å²) in [5.41, 5.74) is -1.38. The molecular weight excluding hydrogens is 465 g/mol. The molecule has 7 nitrogen and oxygen atoms in total. The molecule has 8 heteroatoms. The lowest BCUT2D eigenvalue weighted by atomic mass is 9.71. The second-order valence-electron chi connectivity index (χ2n) is 11.1. The first-order valence-electron chi connectivity index (χ1n) is 12.9. The summed E-state index contributed by atoms with van der Waals surface area (Å²) >= 11 is 0. The number of esters is 1. The molecule has 0 bridgehead atoms. The van der Waals surface area contributed by atoms with Crippen LogP contribution in [0.5, 0.6) is 0 Å². The van der Waals surface area contributed by atoms with Gasteiger partial charge in [0.05, 0.1) is 41.4 Å².